The number of ether oxygens (including phenoxy) is 1. The molecule has 1 rings (SSSR count). The minimum atomic E-state index is -0.675. The zero-order chi connectivity index (χ0) is 12.7. The molecular formula is C12H18N2O2S. The largest absolute Gasteiger partial charge is 0.468 e. The van der Waals surface area contributed by atoms with Gasteiger partial charge in [-0.05, 0) is 25.6 Å². The Morgan fingerprint density at radius 3 is 2.88 bits per heavy atom. The van der Waals surface area contributed by atoms with Crippen molar-refractivity contribution in [1.82, 2.24) is 10.3 Å². The normalized spacial score (nSPS) is 14.1. The molecule has 17 heavy (non-hydrogen) atoms. The summed E-state index contributed by atoms with van der Waals surface area (Å²) in [6.45, 7) is 4.53. The highest BCUT2D eigenvalue weighted by Gasteiger charge is 2.33. The fourth-order valence-corrected chi connectivity index (χ4v) is 2.41. The van der Waals surface area contributed by atoms with Gasteiger partial charge in [0.1, 0.15) is 5.54 Å². The molecule has 1 heterocycles. The maximum atomic E-state index is 11.7. The summed E-state index contributed by atoms with van der Waals surface area (Å²) in [6.07, 6.45) is 1.74. The first-order valence-electron chi connectivity index (χ1n) is 5.49. The Kier molecular flexibility index (Phi) is 5.44. The average molecular weight is 254 g/mol. The number of hydrogen-bond acceptors (Lipinski definition) is 5. The molecule has 0 amide bonds. The summed E-state index contributed by atoms with van der Waals surface area (Å²) in [7, 11) is 1.41. The lowest BCUT2D eigenvalue weighted by molar-refractivity contribution is -0.146. The van der Waals surface area contributed by atoms with Crippen molar-refractivity contribution in [3.63, 3.8) is 0 Å². The van der Waals surface area contributed by atoms with Crippen molar-refractivity contribution in [2.45, 2.75) is 24.4 Å². The number of aromatic nitrogens is 1. The van der Waals surface area contributed by atoms with Gasteiger partial charge in [0, 0.05) is 11.9 Å². The maximum Gasteiger partial charge on any atom is 0.326 e. The summed E-state index contributed by atoms with van der Waals surface area (Å²) in [4.78, 5) is 15.9. The van der Waals surface area contributed by atoms with Gasteiger partial charge in [-0.3, -0.25) is 4.79 Å². The van der Waals surface area contributed by atoms with E-state index in [4.69, 9.17) is 4.74 Å². The van der Waals surface area contributed by atoms with Crippen molar-refractivity contribution in [3.05, 3.63) is 24.4 Å². The van der Waals surface area contributed by atoms with Gasteiger partial charge in [0.05, 0.1) is 12.1 Å². The van der Waals surface area contributed by atoms with Crippen LogP contribution in [0, 0.1) is 0 Å². The molecule has 0 aliphatic carbocycles. The van der Waals surface area contributed by atoms with E-state index in [0.29, 0.717) is 12.3 Å². The Labute approximate surface area is 106 Å². The van der Waals surface area contributed by atoms with E-state index in [0.717, 1.165) is 5.03 Å². The van der Waals surface area contributed by atoms with E-state index in [1.54, 1.807) is 6.20 Å². The Bertz CT molecular complexity index is 359. The number of nitrogens with zero attached hydrogens (tertiary/aromatic N) is 1. The zero-order valence-electron chi connectivity index (χ0n) is 10.4. The highest BCUT2D eigenvalue weighted by atomic mass is 32.2. The van der Waals surface area contributed by atoms with Gasteiger partial charge in [0.25, 0.3) is 0 Å². The summed E-state index contributed by atoms with van der Waals surface area (Å²) in [5.41, 5.74) is -0.675. The van der Waals surface area contributed by atoms with Gasteiger partial charge in [-0.1, -0.05) is 13.0 Å². The van der Waals surface area contributed by atoms with Crippen molar-refractivity contribution >= 4 is 17.7 Å². The van der Waals surface area contributed by atoms with E-state index in [-0.39, 0.29) is 5.97 Å². The third-order valence-electron chi connectivity index (χ3n) is 2.35. The molecule has 0 aliphatic rings. The second kappa shape index (κ2) is 6.61. The van der Waals surface area contributed by atoms with Crippen LogP contribution in [0.5, 0.6) is 0 Å². The molecule has 94 valence electrons. The third kappa shape index (κ3) is 4.02. The van der Waals surface area contributed by atoms with E-state index in [1.807, 2.05) is 32.0 Å². The van der Waals surface area contributed by atoms with Gasteiger partial charge in [0.2, 0.25) is 0 Å². The van der Waals surface area contributed by atoms with Crippen molar-refractivity contribution in [2.75, 3.05) is 19.4 Å². The van der Waals surface area contributed by atoms with E-state index in [2.05, 4.69) is 10.3 Å². The fraction of sp³-hybridized carbons (Fsp3) is 0.500. The van der Waals surface area contributed by atoms with E-state index < -0.39 is 5.54 Å². The molecule has 0 fully saturated rings. The monoisotopic (exact) mass is 254 g/mol. The fourth-order valence-electron chi connectivity index (χ4n) is 1.45. The molecule has 1 aromatic rings. The number of nitrogens with one attached hydrogen (secondary N) is 1. The molecule has 4 nitrogen and oxygen atoms in total. The van der Waals surface area contributed by atoms with Crippen molar-refractivity contribution in [3.8, 4) is 0 Å². The molecule has 0 saturated carbocycles. The van der Waals surface area contributed by atoms with Crippen molar-refractivity contribution in [1.29, 1.82) is 0 Å². The molecule has 1 atom stereocenters. The minimum absolute atomic E-state index is 0.247. The standard InChI is InChI=1S/C12H18N2O2S/c1-4-14-12(2,11(15)16-3)9-17-10-7-5-6-8-13-10/h5-8,14H,4,9H2,1-3H3. The van der Waals surface area contributed by atoms with Gasteiger partial charge in [-0.2, -0.15) is 0 Å². The number of methoxy groups -OCH3 is 1. The van der Waals surface area contributed by atoms with E-state index >= 15 is 0 Å². The summed E-state index contributed by atoms with van der Waals surface area (Å²) in [5.74, 6) is 0.340. The quantitative estimate of drug-likeness (QED) is 0.619. The van der Waals surface area contributed by atoms with Crippen LogP contribution in [-0.4, -0.2) is 35.9 Å². The number of esters is 1. The van der Waals surface area contributed by atoms with Crippen LogP contribution in [0.25, 0.3) is 0 Å². The molecule has 0 bridgehead atoms. The predicted octanol–water partition coefficient (Wildman–Crippen LogP) is 1.71. The van der Waals surface area contributed by atoms with Gasteiger partial charge < -0.3 is 10.1 Å². The number of carbonyl (C=O) groups excluding carboxylic acids is 1. The first-order chi connectivity index (χ1) is 8.12. The lowest BCUT2D eigenvalue weighted by Gasteiger charge is -2.26. The molecule has 0 spiro atoms. The van der Waals surface area contributed by atoms with Gasteiger partial charge in [-0.25, -0.2) is 4.98 Å². The van der Waals surface area contributed by atoms with Gasteiger partial charge in [0.15, 0.2) is 0 Å². The van der Waals surface area contributed by atoms with Crippen LogP contribution in [-0.2, 0) is 9.53 Å². The molecule has 1 unspecified atom stereocenters. The number of hydrogen-bond donors (Lipinski definition) is 1. The van der Waals surface area contributed by atoms with Crippen LogP contribution < -0.4 is 5.32 Å². The van der Waals surface area contributed by atoms with Gasteiger partial charge >= 0.3 is 5.97 Å². The first-order valence-corrected chi connectivity index (χ1v) is 6.48. The molecule has 5 heteroatoms. The number of pyridine rings is 1. The van der Waals surface area contributed by atoms with Crippen molar-refractivity contribution < 1.29 is 9.53 Å². The molecule has 0 aromatic carbocycles. The zero-order valence-corrected chi connectivity index (χ0v) is 11.2. The van der Waals surface area contributed by atoms with Crippen LogP contribution in [0.3, 0.4) is 0 Å². The lowest BCUT2D eigenvalue weighted by Crippen LogP contribution is -2.52. The summed E-state index contributed by atoms with van der Waals surface area (Å²) in [6, 6.07) is 5.72. The number of likely N-dealkylation sites (N-methyl/N-ethyl adjacent to an activating group) is 1. The van der Waals surface area contributed by atoms with Crippen LogP contribution >= 0.6 is 11.8 Å². The molecular weight excluding hydrogens is 236 g/mol. The van der Waals surface area contributed by atoms with E-state index in [1.165, 1.54) is 18.9 Å². The third-order valence-corrected chi connectivity index (χ3v) is 3.61. The topological polar surface area (TPSA) is 51.2 Å². The SMILES string of the molecule is CCNC(C)(CSc1ccccn1)C(=O)OC. The first kappa shape index (κ1) is 14.0. The average Bonchev–Trinajstić information content (AvgIpc) is 2.37. The van der Waals surface area contributed by atoms with E-state index in [9.17, 15) is 4.79 Å². The number of rotatable bonds is 6. The highest BCUT2D eigenvalue weighted by molar-refractivity contribution is 7.99. The molecule has 0 radical (unpaired) electrons. The Hall–Kier alpha value is -1.07. The summed E-state index contributed by atoms with van der Waals surface area (Å²) >= 11 is 1.54. The molecule has 1 N–H and O–H groups in total. The van der Waals surface area contributed by atoms with Gasteiger partial charge in [-0.15, -0.1) is 11.8 Å². The Morgan fingerprint density at radius 2 is 2.35 bits per heavy atom. The second-order valence-electron chi connectivity index (χ2n) is 3.81. The smallest absolute Gasteiger partial charge is 0.326 e. The lowest BCUT2D eigenvalue weighted by atomic mass is 10.1. The summed E-state index contributed by atoms with van der Waals surface area (Å²) in [5, 5.41) is 4.06. The predicted molar refractivity (Wildman–Crippen MR) is 69.1 cm³/mol. The highest BCUT2D eigenvalue weighted by Crippen LogP contribution is 2.21. The van der Waals surface area contributed by atoms with Crippen LogP contribution in [0.15, 0.2) is 29.4 Å². The second-order valence-corrected chi connectivity index (χ2v) is 4.81. The van der Waals surface area contributed by atoms with Crippen LogP contribution in [0.1, 0.15) is 13.8 Å². The van der Waals surface area contributed by atoms with Crippen LogP contribution in [0.4, 0.5) is 0 Å². The Balaban J connectivity index is 2.64. The minimum Gasteiger partial charge on any atom is -0.468 e. The maximum absolute atomic E-state index is 11.7. The Morgan fingerprint density at radius 1 is 1.59 bits per heavy atom. The molecule has 0 saturated heterocycles. The van der Waals surface area contributed by atoms with Crippen LogP contribution in [0.2, 0.25) is 0 Å². The number of carbonyl (C=O) groups is 1. The molecule has 0 aliphatic heterocycles. The summed E-state index contributed by atoms with van der Waals surface area (Å²) < 4.78 is 4.82. The molecule has 1 aromatic heterocycles. The van der Waals surface area contributed by atoms with Crippen molar-refractivity contribution in [2.24, 2.45) is 0 Å². The number of thioether (sulfide) groups is 1.